The van der Waals surface area contributed by atoms with E-state index in [1.54, 1.807) is 30.3 Å². The van der Waals surface area contributed by atoms with Crippen molar-refractivity contribution in [1.82, 2.24) is 5.32 Å². The van der Waals surface area contributed by atoms with E-state index in [0.29, 0.717) is 5.75 Å². The van der Waals surface area contributed by atoms with E-state index in [0.717, 1.165) is 0 Å². The summed E-state index contributed by atoms with van der Waals surface area (Å²) in [4.78, 5) is 21.8. The number of rotatable bonds is 3. The number of nitrogens with two attached hydrogens (primary N) is 1. The first-order valence-corrected chi connectivity index (χ1v) is 4.42. The van der Waals surface area contributed by atoms with Gasteiger partial charge in [0.1, 0.15) is 11.8 Å². The van der Waals surface area contributed by atoms with Crippen LogP contribution in [-0.4, -0.2) is 18.0 Å². The van der Waals surface area contributed by atoms with E-state index in [1.165, 1.54) is 6.92 Å². The van der Waals surface area contributed by atoms with E-state index in [4.69, 9.17) is 10.5 Å². The third kappa shape index (κ3) is 3.68. The number of para-hydroxylation sites is 1. The molecule has 0 aliphatic carbocycles. The molecule has 0 unspecified atom stereocenters. The zero-order chi connectivity index (χ0) is 11.3. The van der Waals surface area contributed by atoms with E-state index >= 15 is 0 Å². The van der Waals surface area contributed by atoms with Crippen molar-refractivity contribution in [3.05, 3.63) is 30.3 Å². The highest BCUT2D eigenvalue weighted by Gasteiger charge is 2.13. The molecule has 0 spiro atoms. The van der Waals surface area contributed by atoms with Gasteiger partial charge in [0.2, 0.25) is 5.91 Å². The number of hydrogen-bond donors (Lipinski definition) is 2. The number of carbonyl (C=O) groups excluding carboxylic acids is 2. The van der Waals surface area contributed by atoms with E-state index < -0.39 is 18.0 Å². The lowest BCUT2D eigenvalue weighted by molar-refractivity contribution is -0.119. The number of benzene rings is 1. The van der Waals surface area contributed by atoms with Gasteiger partial charge in [0, 0.05) is 0 Å². The van der Waals surface area contributed by atoms with Crippen LogP contribution < -0.4 is 15.8 Å². The summed E-state index contributed by atoms with van der Waals surface area (Å²) < 4.78 is 4.88. The molecule has 0 bridgehead atoms. The molecule has 0 heterocycles. The van der Waals surface area contributed by atoms with E-state index in [9.17, 15) is 9.59 Å². The lowest BCUT2D eigenvalue weighted by Crippen LogP contribution is -2.43. The first kappa shape index (κ1) is 11.0. The van der Waals surface area contributed by atoms with Crippen molar-refractivity contribution >= 4 is 12.0 Å². The average Bonchev–Trinajstić information content (AvgIpc) is 2.18. The first-order valence-electron chi connectivity index (χ1n) is 4.42. The Balaban J connectivity index is 2.47. The summed E-state index contributed by atoms with van der Waals surface area (Å²) in [7, 11) is 0. The smallest absolute Gasteiger partial charge is 0.410 e. The van der Waals surface area contributed by atoms with Gasteiger partial charge in [-0.3, -0.25) is 4.79 Å². The lowest BCUT2D eigenvalue weighted by Gasteiger charge is -2.09. The standard InChI is InChI=1S/C10H12N2O3/c1-7(9(11)13)12-10(14)15-8-5-3-2-4-6-8/h2-7H,1H3,(H2,11,13)(H,12,14)/t7-/m0/s1. The largest absolute Gasteiger partial charge is 0.413 e. The fraction of sp³-hybridized carbons (Fsp3) is 0.200. The van der Waals surface area contributed by atoms with E-state index in [-0.39, 0.29) is 0 Å². The molecular weight excluding hydrogens is 196 g/mol. The third-order valence-corrected chi connectivity index (χ3v) is 1.71. The second-order valence-electron chi connectivity index (χ2n) is 2.97. The molecule has 0 radical (unpaired) electrons. The molecule has 0 saturated carbocycles. The summed E-state index contributed by atoms with van der Waals surface area (Å²) in [6.07, 6.45) is -0.701. The van der Waals surface area contributed by atoms with Crippen LogP contribution in [0.1, 0.15) is 6.92 Å². The maximum atomic E-state index is 11.2. The van der Waals surface area contributed by atoms with Crippen LogP contribution in [0.2, 0.25) is 0 Å². The Morgan fingerprint density at radius 2 is 1.93 bits per heavy atom. The zero-order valence-corrected chi connectivity index (χ0v) is 8.27. The Kier molecular flexibility index (Phi) is 3.68. The van der Waals surface area contributed by atoms with Gasteiger partial charge in [0.15, 0.2) is 0 Å². The highest BCUT2D eigenvalue weighted by Crippen LogP contribution is 2.08. The molecular formula is C10H12N2O3. The number of primary amides is 1. The molecule has 0 aliphatic heterocycles. The molecule has 0 aromatic heterocycles. The number of amides is 2. The van der Waals surface area contributed by atoms with Gasteiger partial charge in [0.05, 0.1) is 0 Å². The minimum atomic E-state index is -0.749. The molecule has 2 amide bonds. The van der Waals surface area contributed by atoms with Crippen molar-refractivity contribution in [2.75, 3.05) is 0 Å². The summed E-state index contributed by atoms with van der Waals surface area (Å²) in [6.45, 7) is 1.48. The molecule has 0 fully saturated rings. The van der Waals surface area contributed by atoms with Crippen LogP contribution in [0, 0.1) is 0 Å². The Morgan fingerprint density at radius 1 is 1.33 bits per heavy atom. The summed E-state index contributed by atoms with van der Waals surface area (Å²) in [5.74, 6) is -0.202. The molecule has 1 rings (SSSR count). The monoisotopic (exact) mass is 208 g/mol. The second kappa shape index (κ2) is 4.99. The predicted molar refractivity (Wildman–Crippen MR) is 54.3 cm³/mol. The highest BCUT2D eigenvalue weighted by atomic mass is 16.6. The molecule has 80 valence electrons. The third-order valence-electron chi connectivity index (χ3n) is 1.71. The molecule has 5 nitrogen and oxygen atoms in total. The topological polar surface area (TPSA) is 81.4 Å². The molecule has 3 N–H and O–H groups in total. The van der Waals surface area contributed by atoms with Gasteiger partial charge < -0.3 is 15.8 Å². The fourth-order valence-electron chi connectivity index (χ4n) is 0.873. The molecule has 15 heavy (non-hydrogen) atoms. The van der Waals surface area contributed by atoms with E-state index in [1.807, 2.05) is 0 Å². The van der Waals surface area contributed by atoms with Gasteiger partial charge in [-0.15, -0.1) is 0 Å². The Labute approximate surface area is 87.2 Å². The maximum absolute atomic E-state index is 11.2. The van der Waals surface area contributed by atoms with Gasteiger partial charge in [0.25, 0.3) is 0 Å². The molecule has 5 heteroatoms. The van der Waals surface area contributed by atoms with Gasteiger partial charge >= 0.3 is 6.09 Å². The van der Waals surface area contributed by atoms with Crippen LogP contribution in [0.3, 0.4) is 0 Å². The van der Waals surface area contributed by atoms with Crippen LogP contribution in [0.15, 0.2) is 30.3 Å². The number of nitrogens with one attached hydrogen (secondary N) is 1. The van der Waals surface area contributed by atoms with Crippen molar-refractivity contribution in [2.24, 2.45) is 5.73 Å². The number of ether oxygens (including phenoxy) is 1. The second-order valence-corrected chi connectivity index (χ2v) is 2.97. The van der Waals surface area contributed by atoms with Crippen molar-refractivity contribution in [3.63, 3.8) is 0 Å². The Morgan fingerprint density at radius 3 is 2.47 bits per heavy atom. The predicted octanol–water partition coefficient (Wildman–Crippen LogP) is 0.649. The van der Waals surface area contributed by atoms with Gasteiger partial charge in [-0.2, -0.15) is 0 Å². The summed E-state index contributed by atoms with van der Waals surface area (Å²) in [5, 5.41) is 2.29. The quantitative estimate of drug-likeness (QED) is 0.765. The molecule has 1 atom stereocenters. The van der Waals surface area contributed by atoms with Crippen LogP contribution in [0.25, 0.3) is 0 Å². The zero-order valence-electron chi connectivity index (χ0n) is 8.27. The molecule has 1 aromatic rings. The normalized spacial score (nSPS) is 11.5. The molecule has 1 aromatic carbocycles. The SMILES string of the molecule is C[C@H](NC(=O)Oc1ccccc1)C(N)=O. The van der Waals surface area contributed by atoms with Crippen LogP contribution >= 0.6 is 0 Å². The van der Waals surface area contributed by atoms with Gasteiger partial charge in [-0.25, -0.2) is 4.79 Å². The van der Waals surface area contributed by atoms with Crippen molar-refractivity contribution in [2.45, 2.75) is 13.0 Å². The Hall–Kier alpha value is -2.04. The van der Waals surface area contributed by atoms with Crippen molar-refractivity contribution in [1.29, 1.82) is 0 Å². The van der Waals surface area contributed by atoms with Gasteiger partial charge in [-0.1, -0.05) is 18.2 Å². The summed E-state index contributed by atoms with van der Waals surface area (Å²) in [6, 6.07) is 7.79. The lowest BCUT2D eigenvalue weighted by atomic mass is 10.3. The number of carbonyl (C=O) groups is 2. The summed E-state index contributed by atoms with van der Waals surface area (Å²) >= 11 is 0. The Bertz CT molecular complexity index is 351. The molecule has 0 saturated heterocycles. The van der Waals surface area contributed by atoms with E-state index in [2.05, 4.69) is 5.32 Å². The van der Waals surface area contributed by atoms with Gasteiger partial charge in [-0.05, 0) is 19.1 Å². The highest BCUT2D eigenvalue weighted by molar-refractivity contribution is 5.84. The number of hydrogen-bond acceptors (Lipinski definition) is 3. The van der Waals surface area contributed by atoms with Crippen molar-refractivity contribution < 1.29 is 14.3 Å². The minimum Gasteiger partial charge on any atom is -0.410 e. The van der Waals surface area contributed by atoms with Crippen molar-refractivity contribution in [3.8, 4) is 5.75 Å². The first-order chi connectivity index (χ1) is 7.09. The van der Waals surface area contributed by atoms with Crippen LogP contribution in [-0.2, 0) is 4.79 Å². The minimum absolute atomic E-state index is 0.409. The van der Waals surface area contributed by atoms with Crippen LogP contribution in [0.4, 0.5) is 4.79 Å². The fourth-order valence-corrected chi connectivity index (χ4v) is 0.873. The van der Waals surface area contributed by atoms with Crippen LogP contribution in [0.5, 0.6) is 5.75 Å². The average molecular weight is 208 g/mol. The maximum Gasteiger partial charge on any atom is 0.413 e. The summed E-state index contributed by atoms with van der Waals surface area (Å²) in [5.41, 5.74) is 4.97. The molecule has 0 aliphatic rings.